The SMILES string of the molecule is CCSC1=NSC2=NC(=O)/C(=C\c3ccc(Sc4ccc(C)cc4)o3)C(=N)N12. The number of thioether (sulfide) groups is 1. The molecule has 1 aromatic carbocycles. The number of amides is 1. The Balaban J connectivity index is 1.56. The van der Waals surface area contributed by atoms with E-state index >= 15 is 0 Å². The molecule has 6 nitrogen and oxygen atoms in total. The van der Waals surface area contributed by atoms with E-state index in [2.05, 4.69) is 9.39 Å². The van der Waals surface area contributed by atoms with E-state index in [1.807, 2.05) is 44.2 Å². The van der Waals surface area contributed by atoms with Gasteiger partial charge >= 0.3 is 0 Å². The maximum absolute atomic E-state index is 12.4. The molecule has 1 aromatic heterocycles. The lowest BCUT2D eigenvalue weighted by atomic mass is 10.1. The lowest BCUT2D eigenvalue weighted by Crippen LogP contribution is -2.41. The minimum Gasteiger partial charge on any atom is -0.450 e. The van der Waals surface area contributed by atoms with Gasteiger partial charge in [-0.2, -0.15) is 9.39 Å². The number of furan rings is 1. The highest BCUT2D eigenvalue weighted by molar-refractivity contribution is 8.19. The fourth-order valence-electron chi connectivity index (χ4n) is 2.56. The molecule has 0 saturated heterocycles. The Morgan fingerprint density at radius 2 is 2.04 bits per heavy atom. The monoisotopic (exact) mass is 428 g/mol. The summed E-state index contributed by atoms with van der Waals surface area (Å²) in [6, 6.07) is 11.8. The van der Waals surface area contributed by atoms with Gasteiger partial charge in [0.15, 0.2) is 10.3 Å². The zero-order valence-corrected chi connectivity index (χ0v) is 17.6. The van der Waals surface area contributed by atoms with Crippen molar-refractivity contribution in [2.45, 2.75) is 23.8 Å². The summed E-state index contributed by atoms with van der Waals surface area (Å²) >= 11 is 4.14. The standard InChI is InChI=1S/C19H16N4O2S3/c1-3-26-19-22-28-18-21-17(24)14(16(20)23(18)19)10-12-6-9-15(25-12)27-13-7-4-11(2)5-8-13/h4-10,20H,3H2,1-2H3/b14-10-,20-16?. The van der Waals surface area contributed by atoms with Crippen molar-refractivity contribution in [2.24, 2.45) is 9.39 Å². The summed E-state index contributed by atoms with van der Waals surface area (Å²) in [5, 5.41) is 10.3. The molecule has 28 heavy (non-hydrogen) atoms. The second-order valence-corrected chi connectivity index (χ2v) is 8.95. The number of nitrogens with zero attached hydrogens (tertiary/aromatic N) is 3. The molecule has 9 heteroatoms. The van der Waals surface area contributed by atoms with Crippen molar-refractivity contribution in [1.29, 1.82) is 5.41 Å². The smallest absolute Gasteiger partial charge is 0.283 e. The molecule has 0 spiro atoms. The Kier molecular flexibility index (Phi) is 5.47. The van der Waals surface area contributed by atoms with Gasteiger partial charge in [0.25, 0.3) is 5.91 Å². The van der Waals surface area contributed by atoms with Crippen LogP contribution in [0.3, 0.4) is 0 Å². The highest BCUT2D eigenvalue weighted by atomic mass is 32.2. The van der Waals surface area contributed by atoms with Gasteiger partial charge in [0.2, 0.25) is 5.17 Å². The lowest BCUT2D eigenvalue weighted by Gasteiger charge is -2.23. The van der Waals surface area contributed by atoms with Crippen molar-refractivity contribution in [3.8, 4) is 0 Å². The maximum atomic E-state index is 12.4. The molecule has 0 aliphatic carbocycles. The minimum absolute atomic E-state index is 0.0730. The quantitative estimate of drug-likeness (QED) is 0.541. The number of hydrogen-bond donors (Lipinski definition) is 1. The molecule has 2 aliphatic heterocycles. The Morgan fingerprint density at radius 3 is 2.79 bits per heavy atom. The van der Waals surface area contributed by atoms with E-state index in [1.165, 1.54) is 29.1 Å². The fraction of sp³-hybridized carbons (Fsp3) is 0.158. The first kappa shape index (κ1) is 19.1. The largest absolute Gasteiger partial charge is 0.450 e. The third-order valence-electron chi connectivity index (χ3n) is 3.90. The second-order valence-electron chi connectivity index (χ2n) is 5.91. The van der Waals surface area contributed by atoms with E-state index in [0.29, 0.717) is 16.1 Å². The van der Waals surface area contributed by atoms with E-state index in [0.717, 1.165) is 27.7 Å². The van der Waals surface area contributed by atoms with Gasteiger partial charge in [0, 0.05) is 4.90 Å². The van der Waals surface area contributed by atoms with E-state index in [4.69, 9.17) is 9.83 Å². The number of carbonyl (C=O) groups is 1. The Hall–Kier alpha value is -2.23. The van der Waals surface area contributed by atoms with Crippen LogP contribution in [0.1, 0.15) is 18.2 Å². The average molecular weight is 429 g/mol. The van der Waals surface area contributed by atoms with Gasteiger partial charge in [-0.25, -0.2) is 4.90 Å². The number of aliphatic imine (C=N–C) groups is 1. The van der Waals surface area contributed by atoms with Gasteiger partial charge in [-0.1, -0.05) is 48.1 Å². The highest BCUT2D eigenvalue weighted by Gasteiger charge is 2.37. The third kappa shape index (κ3) is 3.82. The molecule has 2 aromatic rings. The van der Waals surface area contributed by atoms with Crippen molar-refractivity contribution in [2.75, 3.05) is 5.75 Å². The topological polar surface area (TPSA) is 82.0 Å². The molecule has 142 valence electrons. The van der Waals surface area contributed by atoms with Gasteiger partial charge in [-0.05, 0) is 43.0 Å². The van der Waals surface area contributed by atoms with Crippen LogP contribution >= 0.6 is 35.5 Å². The van der Waals surface area contributed by atoms with Gasteiger partial charge < -0.3 is 4.42 Å². The van der Waals surface area contributed by atoms with Gasteiger partial charge in [-0.15, -0.1) is 0 Å². The van der Waals surface area contributed by atoms with Crippen LogP contribution in [0.25, 0.3) is 6.08 Å². The number of amidine groups is 3. The summed E-state index contributed by atoms with van der Waals surface area (Å²) in [4.78, 5) is 19.2. The zero-order chi connectivity index (χ0) is 19.7. The average Bonchev–Trinajstić information content (AvgIpc) is 3.28. The number of nitrogens with one attached hydrogen (secondary N) is 1. The van der Waals surface area contributed by atoms with Gasteiger partial charge in [0.1, 0.15) is 11.6 Å². The van der Waals surface area contributed by atoms with E-state index < -0.39 is 5.91 Å². The summed E-state index contributed by atoms with van der Waals surface area (Å²) < 4.78 is 10.1. The molecule has 2 aliphatic rings. The molecule has 0 atom stereocenters. The molecule has 0 saturated carbocycles. The molecule has 3 heterocycles. The van der Waals surface area contributed by atoms with Gasteiger partial charge in [-0.3, -0.25) is 10.2 Å². The van der Waals surface area contributed by atoms with Crippen LogP contribution in [-0.4, -0.2) is 32.7 Å². The summed E-state index contributed by atoms with van der Waals surface area (Å²) in [5.41, 5.74) is 1.39. The first-order valence-electron chi connectivity index (χ1n) is 8.51. The maximum Gasteiger partial charge on any atom is 0.283 e. The van der Waals surface area contributed by atoms with Crippen molar-refractivity contribution in [3.63, 3.8) is 0 Å². The third-order valence-corrected chi connectivity index (χ3v) is 6.46. The molecule has 0 unspecified atom stereocenters. The first-order chi connectivity index (χ1) is 13.5. The number of benzene rings is 1. The van der Waals surface area contributed by atoms with E-state index in [-0.39, 0.29) is 11.4 Å². The predicted octanol–water partition coefficient (Wildman–Crippen LogP) is 5.07. The Bertz CT molecular complexity index is 1040. The van der Waals surface area contributed by atoms with Gasteiger partial charge in [0.05, 0.1) is 17.5 Å². The van der Waals surface area contributed by atoms with Crippen molar-refractivity contribution in [3.05, 3.63) is 53.3 Å². The molecule has 1 N–H and O–H groups in total. The number of rotatable bonds is 4. The minimum atomic E-state index is -0.453. The molecule has 0 fully saturated rings. The van der Waals surface area contributed by atoms with Crippen molar-refractivity contribution >= 4 is 63.6 Å². The fourth-order valence-corrected chi connectivity index (χ4v) is 4.90. The number of fused-ring (bicyclic) bond motifs is 1. The molecular weight excluding hydrogens is 412 g/mol. The van der Waals surface area contributed by atoms with Crippen LogP contribution < -0.4 is 0 Å². The highest BCUT2D eigenvalue weighted by Crippen LogP contribution is 2.33. The molecule has 1 amide bonds. The Labute approximate surface area is 175 Å². The van der Waals surface area contributed by atoms with Crippen molar-refractivity contribution < 1.29 is 9.21 Å². The number of carbonyl (C=O) groups excluding carboxylic acids is 1. The van der Waals surface area contributed by atoms with Crippen molar-refractivity contribution in [1.82, 2.24) is 4.90 Å². The summed E-state index contributed by atoms with van der Waals surface area (Å²) in [5.74, 6) is 0.950. The van der Waals surface area contributed by atoms with E-state index in [9.17, 15) is 4.79 Å². The second kappa shape index (κ2) is 8.02. The normalized spacial score (nSPS) is 17.8. The first-order valence-corrected chi connectivity index (χ1v) is 11.1. The van der Waals surface area contributed by atoms with Crippen LogP contribution in [-0.2, 0) is 4.79 Å². The molecule has 0 bridgehead atoms. The molecule has 4 rings (SSSR count). The Morgan fingerprint density at radius 1 is 1.25 bits per heavy atom. The summed E-state index contributed by atoms with van der Waals surface area (Å²) in [6.07, 6.45) is 1.57. The zero-order valence-electron chi connectivity index (χ0n) is 15.1. The number of aryl methyl sites for hydroxylation is 1. The van der Waals surface area contributed by atoms with Crippen LogP contribution in [0.5, 0.6) is 0 Å². The summed E-state index contributed by atoms with van der Waals surface area (Å²) in [6.45, 7) is 4.06. The number of hydrogen-bond acceptors (Lipinski definition) is 7. The van der Waals surface area contributed by atoms with Crippen LogP contribution in [0.15, 0.2) is 65.8 Å². The van der Waals surface area contributed by atoms with Crippen LogP contribution in [0.2, 0.25) is 0 Å². The van der Waals surface area contributed by atoms with Crippen LogP contribution in [0.4, 0.5) is 0 Å². The van der Waals surface area contributed by atoms with E-state index in [1.54, 1.807) is 17.0 Å². The van der Waals surface area contributed by atoms with Crippen LogP contribution in [0, 0.1) is 12.3 Å². The summed E-state index contributed by atoms with van der Waals surface area (Å²) in [7, 11) is 0. The predicted molar refractivity (Wildman–Crippen MR) is 117 cm³/mol. The molecular formula is C19H16N4O2S3. The molecule has 0 radical (unpaired) electrons. The lowest BCUT2D eigenvalue weighted by molar-refractivity contribution is -0.114.